The highest BCUT2D eigenvalue weighted by molar-refractivity contribution is 9.10. The van der Waals surface area contributed by atoms with Crippen molar-refractivity contribution in [3.05, 3.63) is 61.7 Å². The van der Waals surface area contributed by atoms with Gasteiger partial charge >= 0.3 is 11.9 Å². The fraction of sp³-hybridized carbons (Fsp3) is 0.227. The van der Waals surface area contributed by atoms with Crippen molar-refractivity contribution in [3.8, 4) is 11.5 Å². The van der Waals surface area contributed by atoms with E-state index < -0.39 is 11.9 Å². The quantitative estimate of drug-likeness (QED) is 0.326. The van der Waals surface area contributed by atoms with E-state index in [4.69, 9.17) is 42.1 Å². The Balaban J connectivity index is 1.89. The van der Waals surface area contributed by atoms with Gasteiger partial charge in [-0.3, -0.25) is 0 Å². The molecule has 0 amide bonds. The van der Waals surface area contributed by atoms with Crippen LogP contribution in [-0.2, 0) is 19.1 Å². The van der Waals surface area contributed by atoms with E-state index in [1.165, 1.54) is 0 Å². The molecule has 2 aromatic carbocycles. The van der Waals surface area contributed by atoms with Gasteiger partial charge in [-0.25, -0.2) is 14.6 Å². The molecule has 1 aliphatic rings. The number of esters is 2. The van der Waals surface area contributed by atoms with Crippen molar-refractivity contribution in [2.75, 3.05) is 19.8 Å². The van der Waals surface area contributed by atoms with Gasteiger partial charge < -0.3 is 18.9 Å². The topological polar surface area (TPSA) is 83.4 Å². The van der Waals surface area contributed by atoms with Gasteiger partial charge in [0.05, 0.1) is 27.7 Å². The number of benzene rings is 2. The number of nitrogens with zero attached hydrogens (tertiary/aromatic N) is 1. The molecule has 0 atom stereocenters. The number of hydrogen-bond donors (Lipinski definition) is 0. The minimum absolute atomic E-state index is 0.0978. The second-order valence-electron chi connectivity index (χ2n) is 6.32. The van der Waals surface area contributed by atoms with E-state index >= 15 is 0 Å². The molecule has 1 aliphatic heterocycles. The minimum atomic E-state index is -0.609. The van der Waals surface area contributed by atoms with Crippen LogP contribution in [-0.4, -0.2) is 37.7 Å². The Morgan fingerprint density at radius 2 is 1.91 bits per heavy atom. The van der Waals surface area contributed by atoms with Gasteiger partial charge in [0, 0.05) is 5.56 Å². The summed E-state index contributed by atoms with van der Waals surface area (Å²) < 4.78 is 21.9. The molecule has 0 fully saturated rings. The molecular weight excluding hydrogens is 525 g/mol. The number of rotatable bonds is 8. The van der Waals surface area contributed by atoms with E-state index in [9.17, 15) is 9.59 Å². The molecule has 3 rings (SSSR count). The Morgan fingerprint density at radius 1 is 1.12 bits per heavy atom. The molecule has 0 aliphatic carbocycles. The fourth-order valence-electron chi connectivity index (χ4n) is 2.73. The maximum atomic E-state index is 12.3. The normalized spacial score (nSPS) is 14.2. The summed E-state index contributed by atoms with van der Waals surface area (Å²) in [7, 11) is 0. The molecule has 0 N–H and O–H groups in total. The number of carbonyl (C=O) groups is 2. The van der Waals surface area contributed by atoms with Crippen molar-refractivity contribution >= 4 is 63.0 Å². The van der Waals surface area contributed by atoms with E-state index in [1.807, 2.05) is 6.92 Å². The highest BCUT2D eigenvalue weighted by Gasteiger charge is 2.25. The van der Waals surface area contributed by atoms with Crippen molar-refractivity contribution < 1.29 is 28.5 Å². The summed E-state index contributed by atoms with van der Waals surface area (Å²) >= 11 is 15.4. The van der Waals surface area contributed by atoms with E-state index in [0.717, 1.165) is 0 Å². The first-order valence-electron chi connectivity index (χ1n) is 9.55. The number of halogens is 3. The van der Waals surface area contributed by atoms with Crippen LogP contribution in [0.1, 0.15) is 25.0 Å². The molecule has 0 radical (unpaired) electrons. The van der Waals surface area contributed by atoms with Crippen molar-refractivity contribution in [2.45, 2.75) is 13.8 Å². The van der Waals surface area contributed by atoms with E-state index in [0.29, 0.717) is 43.8 Å². The van der Waals surface area contributed by atoms with Crippen LogP contribution < -0.4 is 9.47 Å². The average molecular weight is 543 g/mol. The summed E-state index contributed by atoms with van der Waals surface area (Å²) in [6.07, 6.45) is 1.55. The van der Waals surface area contributed by atoms with Crippen LogP contribution in [0.15, 0.2) is 45.5 Å². The van der Waals surface area contributed by atoms with Gasteiger partial charge in [-0.05, 0) is 71.7 Å². The number of aliphatic imine (C=N–C) groups is 1. The summed E-state index contributed by atoms with van der Waals surface area (Å²) in [6.45, 7) is 3.89. The van der Waals surface area contributed by atoms with Crippen LogP contribution in [0.2, 0.25) is 10.0 Å². The molecule has 0 bridgehead atoms. The molecule has 7 nitrogen and oxygen atoms in total. The highest BCUT2D eigenvalue weighted by Crippen LogP contribution is 2.38. The summed E-state index contributed by atoms with van der Waals surface area (Å²) in [4.78, 5) is 28.2. The fourth-order valence-corrected chi connectivity index (χ4v) is 3.60. The summed E-state index contributed by atoms with van der Waals surface area (Å²) in [5, 5.41) is 0.707. The highest BCUT2D eigenvalue weighted by atomic mass is 79.9. The molecule has 2 aromatic rings. The predicted octanol–water partition coefficient (Wildman–Crippen LogP) is 5.44. The molecule has 0 spiro atoms. The third-order valence-corrected chi connectivity index (χ3v) is 5.39. The largest absolute Gasteiger partial charge is 0.490 e. The van der Waals surface area contributed by atoms with E-state index in [2.05, 4.69) is 20.9 Å². The molecule has 10 heteroatoms. The van der Waals surface area contributed by atoms with Gasteiger partial charge in [0.25, 0.3) is 0 Å². The van der Waals surface area contributed by atoms with Crippen LogP contribution in [0.25, 0.3) is 6.08 Å². The lowest BCUT2D eigenvalue weighted by molar-refractivity contribution is -0.145. The van der Waals surface area contributed by atoms with Crippen LogP contribution in [0, 0.1) is 0 Å². The van der Waals surface area contributed by atoms with Crippen LogP contribution in [0.3, 0.4) is 0 Å². The second-order valence-corrected chi connectivity index (χ2v) is 7.99. The lowest BCUT2D eigenvalue weighted by atomic mass is 10.1. The second kappa shape index (κ2) is 10.8. The smallest absolute Gasteiger partial charge is 0.363 e. The molecular formula is C22H18BrCl2NO6. The zero-order chi connectivity index (χ0) is 23.3. The lowest BCUT2D eigenvalue weighted by Crippen LogP contribution is -2.15. The van der Waals surface area contributed by atoms with Gasteiger partial charge in [0.15, 0.2) is 23.8 Å². The molecule has 168 valence electrons. The maximum Gasteiger partial charge on any atom is 0.363 e. The van der Waals surface area contributed by atoms with Gasteiger partial charge in [0.1, 0.15) is 0 Å². The van der Waals surface area contributed by atoms with Crippen molar-refractivity contribution in [1.82, 2.24) is 0 Å². The number of carbonyl (C=O) groups excluding carboxylic acids is 2. The van der Waals surface area contributed by atoms with Crippen LogP contribution in [0.5, 0.6) is 11.5 Å². The number of ether oxygens (including phenoxy) is 4. The summed E-state index contributed by atoms with van der Waals surface area (Å²) in [5.41, 5.74) is 1.23. The Labute approximate surface area is 203 Å². The van der Waals surface area contributed by atoms with E-state index in [-0.39, 0.29) is 24.8 Å². The first kappa shape index (κ1) is 24.1. The SMILES string of the molecule is CCOC(=O)COc1c(Br)cc(/C=C2\N=C(c3ccc(Cl)c(Cl)c3)OC2=O)cc1OCC. The molecule has 0 unspecified atom stereocenters. The lowest BCUT2D eigenvalue weighted by Gasteiger charge is -2.14. The number of hydrogen-bond acceptors (Lipinski definition) is 7. The summed E-state index contributed by atoms with van der Waals surface area (Å²) in [6, 6.07) is 8.19. The predicted molar refractivity (Wildman–Crippen MR) is 125 cm³/mol. The zero-order valence-corrected chi connectivity index (χ0v) is 20.2. The van der Waals surface area contributed by atoms with Gasteiger partial charge in [-0.15, -0.1) is 0 Å². The van der Waals surface area contributed by atoms with Crippen LogP contribution >= 0.6 is 39.1 Å². The average Bonchev–Trinajstić information content (AvgIpc) is 3.10. The first-order valence-corrected chi connectivity index (χ1v) is 11.1. The Kier molecular flexibility index (Phi) is 8.17. The van der Waals surface area contributed by atoms with Crippen molar-refractivity contribution in [2.24, 2.45) is 4.99 Å². The van der Waals surface area contributed by atoms with Gasteiger partial charge in [0.2, 0.25) is 5.90 Å². The van der Waals surface area contributed by atoms with Crippen molar-refractivity contribution in [3.63, 3.8) is 0 Å². The molecule has 0 saturated carbocycles. The zero-order valence-electron chi connectivity index (χ0n) is 17.1. The Morgan fingerprint density at radius 3 is 2.59 bits per heavy atom. The summed E-state index contributed by atoms with van der Waals surface area (Å²) in [5.74, 6) is -0.249. The van der Waals surface area contributed by atoms with Gasteiger partial charge in [-0.1, -0.05) is 23.2 Å². The Bertz CT molecular complexity index is 1120. The third-order valence-electron chi connectivity index (χ3n) is 4.06. The van der Waals surface area contributed by atoms with Gasteiger partial charge in [-0.2, -0.15) is 0 Å². The van der Waals surface area contributed by atoms with Crippen molar-refractivity contribution in [1.29, 1.82) is 0 Å². The Hall–Kier alpha value is -2.55. The maximum absolute atomic E-state index is 12.3. The van der Waals surface area contributed by atoms with Crippen LogP contribution in [0.4, 0.5) is 0 Å². The van der Waals surface area contributed by atoms with E-state index in [1.54, 1.807) is 43.3 Å². The monoisotopic (exact) mass is 541 g/mol. The standard InChI is InChI=1S/C22H18BrCl2NO6/c1-3-29-18-9-12(7-14(23)20(18)31-11-19(27)30-4-2)8-17-22(28)32-21(26-17)13-5-6-15(24)16(25)10-13/h5-10H,3-4,11H2,1-2H3/b17-8-. The minimum Gasteiger partial charge on any atom is -0.490 e. The third kappa shape index (κ3) is 5.82. The molecule has 1 heterocycles. The number of cyclic esters (lactones) is 1. The first-order chi connectivity index (χ1) is 15.3. The molecule has 0 saturated heterocycles. The molecule has 32 heavy (non-hydrogen) atoms. The molecule has 0 aromatic heterocycles.